The summed E-state index contributed by atoms with van der Waals surface area (Å²) in [6, 6.07) is 8.61. The number of hydrogen-bond acceptors (Lipinski definition) is 5. The van der Waals surface area contributed by atoms with Crippen molar-refractivity contribution in [2.24, 2.45) is 4.99 Å². The molecule has 0 fully saturated rings. The number of aliphatic imine (C=N–C) groups is 1. The Morgan fingerprint density at radius 2 is 2.15 bits per heavy atom. The molecule has 2 rings (SSSR count). The quantitative estimate of drug-likeness (QED) is 0.830. The van der Waals surface area contributed by atoms with Gasteiger partial charge in [-0.3, -0.25) is 4.79 Å². The van der Waals surface area contributed by atoms with Crippen LogP contribution in [0.15, 0.2) is 35.3 Å². The van der Waals surface area contributed by atoms with Crippen LogP contribution in [-0.2, 0) is 9.53 Å². The topological polar surface area (TPSA) is 88.0 Å². The molecule has 2 atom stereocenters. The van der Waals surface area contributed by atoms with Gasteiger partial charge in [0.2, 0.25) is 6.23 Å². The fourth-order valence-corrected chi connectivity index (χ4v) is 2.85. The second-order valence-electron chi connectivity index (χ2n) is 4.14. The number of hydrogen-bond donors (Lipinski definition) is 2. The van der Waals surface area contributed by atoms with Crippen LogP contribution in [0.2, 0.25) is 0 Å². The first kappa shape index (κ1) is 14.4. The molecule has 0 radical (unpaired) electrons. The molecule has 0 spiro atoms. The first-order valence-corrected chi connectivity index (χ1v) is 6.97. The van der Waals surface area contributed by atoms with Gasteiger partial charge in [-0.1, -0.05) is 30.3 Å². The van der Waals surface area contributed by atoms with Crippen molar-refractivity contribution < 1.29 is 19.4 Å². The Kier molecular flexibility index (Phi) is 4.62. The molecule has 1 aliphatic heterocycles. The highest BCUT2D eigenvalue weighted by Crippen LogP contribution is 2.28. The van der Waals surface area contributed by atoms with E-state index in [1.165, 1.54) is 18.7 Å². The van der Waals surface area contributed by atoms with E-state index in [0.717, 1.165) is 5.56 Å². The van der Waals surface area contributed by atoms with Crippen LogP contribution in [0.1, 0.15) is 18.5 Å². The number of nitrogens with zero attached hydrogens (tertiary/aromatic N) is 1. The number of thioether (sulfide) groups is 1. The molecule has 1 aliphatic rings. The Hall–Kier alpha value is -2.02. The lowest BCUT2D eigenvalue weighted by Crippen LogP contribution is -2.31. The van der Waals surface area contributed by atoms with Crippen molar-refractivity contribution in [2.45, 2.75) is 19.2 Å². The molecule has 0 aliphatic carbocycles. The van der Waals surface area contributed by atoms with Crippen LogP contribution < -0.4 is 5.32 Å². The Balaban J connectivity index is 2.20. The number of benzene rings is 1. The average Bonchev–Trinajstić information content (AvgIpc) is 2.84. The molecular formula is C13H14N2O4S. The maximum absolute atomic E-state index is 10.9. The zero-order chi connectivity index (χ0) is 14.5. The molecule has 0 saturated carbocycles. The van der Waals surface area contributed by atoms with Crippen molar-refractivity contribution in [2.75, 3.05) is 5.75 Å². The zero-order valence-electron chi connectivity index (χ0n) is 10.8. The predicted octanol–water partition coefficient (Wildman–Crippen LogP) is 2.03. The van der Waals surface area contributed by atoms with Crippen LogP contribution >= 0.6 is 11.8 Å². The van der Waals surface area contributed by atoms with Gasteiger partial charge in [0.1, 0.15) is 6.04 Å². The van der Waals surface area contributed by atoms with E-state index >= 15 is 0 Å². The Labute approximate surface area is 120 Å². The van der Waals surface area contributed by atoms with Gasteiger partial charge in [0.25, 0.3) is 0 Å². The molecule has 20 heavy (non-hydrogen) atoms. The fraction of sp³-hybridized carbons (Fsp3) is 0.308. The number of esters is 1. The van der Waals surface area contributed by atoms with Crippen molar-refractivity contribution in [3.05, 3.63) is 35.9 Å². The number of carboxylic acid groups (broad SMARTS) is 1. The van der Waals surface area contributed by atoms with Crippen molar-refractivity contribution in [1.29, 1.82) is 0 Å². The predicted molar refractivity (Wildman–Crippen MR) is 75.8 cm³/mol. The van der Waals surface area contributed by atoms with E-state index in [1.807, 2.05) is 30.3 Å². The molecule has 1 aromatic rings. The minimum Gasteiger partial charge on any atom is -0.465 e. The molecule has 2 unspecified atom stereocenters. The highest BCUT2D eigenvalue weighted by atomic mass is 32.2. The summed E-state index contributed by atoms with van der Waals surface area (Å²) >= 11 is 1.38. The Morgan fingerprint density at radius 1 is 1.45 bits per heavy atom. The van der Waals surface area contributed by atoms with Crippen LogP contribution in [0.3, 0.4) is 0 Å². The summed E-state index contributed by atoms with van der Waals surface area (Å²) in [5, 5.41) is 12.0. The van der Waals surface area contributed by atoms with Crippen LogP contribution in [-0.4, -0.2) is 34.2 Å². The molecule has 1 heterocycles. The van der Waals surface area contributed by atoms with E-state index in [-0.39, 0.29) is 0 Å². The Bertz CT molecular complexity index is 532. The lowest BCUT2D eigenvalue weighted by atomic mass is 10.1. The second kappa shape index (κ2) is 6.42. The number of carbonyl (C=O) groups excluding carboxylic acids is 1. The smallest absolute Gasteiger partial charge is 0.405 e. The fourth-order valence-electron chi connectivity index (χ4n) is 1.84. The van der Waals surface area contributed by atoms with E-state index in [1.54, 1.807) is 0 Å². The largest absolute Gasteiger partial charge is 0.465 e. The van der Waals surface area contributed by atoms with Gasteiger partial charge in [-0.15, -0.1) is 11.8 Å². The van der Waals surface area contributed by atoms with Gasteiger partial charge in [-0.2, -0.15) is 0 Å². The summed E-state index contributed by atoms with van der Waals surface area (Å²) in [6.45, 7) is 1.32. The molecule has 1 amide bonds. The summed E-state index contributed by atoms with van der Waals surface area (Å²) in [7, 11) is 0. The van der Waals surface area contributed by atoms with Gasteiger partial charge >= 0.3 is 12.1 Å². The average molecular weight is 294 g/mol. The normalized spacial score (nSPS) is 19.1. The van der Waals surface area contributed by atoms with E-state index in [4.69, 9.17) is 9.84 Å². The summed E-state index contributed by atoms with van der Waals surface area (Å²) in [5.74, 6) is 0.0996. The van der Waals surface area contributed by atoms with Crippen molar-refractivity contribution in [3.8, 4) is 0 Å². The summed E-state index contributed by atoms with van der Waals surface area (Å²) in [6.07, 6.45) is -1.67. The summed E-state index contributed by atoms with van der Waals surface area (Å²) in [5.41, 5.74) is 0.796. The molecule has 0 saturated heterocycles. The van der Waals surface area contributed by atoms with E-state index in [0.29, 0.717) is 10.8 Å². The van der Waals surface area contributed by atoms with Crippen LogP contribution in [0.4, 0.5) is 4.79 Å². The first-order valence-electron chi connectivity index (χ1n) is 5.98. The number of ether oxygens (including phenoxy) is 1. The third kappa shape index (κ3) is 3.74. The molecular weight excluding hydrogens is 280 g/mol. The molecule has 0 bridgehead atoms. The monoisotopic (exact) mass is 294 g/mol. The third-order valence-electron chi connectivity index (χ3n) is 2.59. The van der Waals surface area contributed by atoms with E-state index < -0.39 is 24.3 Å². The van der Waals surface area contributed by atoms with E-state index in [9.17, 15) is 9.59 Å². The SMILES string of the molecule is CC(=O)OC1CSC(C(NC(=O)O)c2ccccc2)=N1. The van der Waals surface area contributed by atoms with Crippen LogP contribution in [0, 0.1) is 0 Å². The van der Waals surface area contributed by atoms with Gasteiger partial charge in [-0.25, -0.2) is 9.79 Å². The van der Waals surface area contributed by atoms with Crippen LogP contribution in [0.25, 0.3) is 0 Å². The minimum absolute atomic E-state index is 0.400. The van der Waals surface area contributed by atoms with Crippen molar-refractivity contribution in [1.82, 2.24) is 5.32 Å². The first-order chi connectivity index (χ1) is 9.56. The lowest BCUT2D eigenvalue weighted by molar-refractivity contribution is -0.144. The lowest BCUT2D eigenvalue weighted by Gasteiger charge is -2.16. The maximum Gasteiger partial charge on any atom is 0.405 e. The molecule has 0 aromatic heterocycles. The molecule has 1 aromatic carbocycles. The second-order valence-corrected chi connectivity index (χ2v) is 5.18. The molecule has 7 heteroatoms. The minimum atomic E-state index is -1.13. The van der Waals surface area contributed by atoms with Gasteiger partial charge in [0, 0.05) is 6.92 Å². The highest BCUT2D eigenvalue weighted by Gasteiger charge is 2.28. The number of carbonyl (C=O) groups is 2. The number of nitrogens with one attached hydrogen (secondary N) is 1. The summed E-state index contributed by atoms with van der Waals surface area (Å²) < 4.78 is 5.01. The van der Waals surface area contributed by atoms with Gasteiger partial charge in [0.15, 0.2) is 0 Å². The van der Waals surface area contributed by atoms with Gasteiger partial charge in [0.05, 0.1) is 10.8 Å². The number of rotatable bonds is 4. The molecule has 6 nitrogen and oxygen atoms in total. The van der Waals surface area contributed by atoms with Crippen molar-refractivity contribution >= 4 is 28.9 Å². The van der Waals surface area contributed by atoms with E-state index in [2.05, 4.69) is 10.3 Å². The van der Waals surface area contributed by atoms with Gasteiger partial charge < -0.3 is 15.2 Å². The Morgan fingerprint density at radius 3 is 2.75 bits per heavy atom. The highest BCUT2D eigenvalue weighted by molar-refractivity contribution is 8.14. The summed E-state index contributed by atoms with van der Waals surface area (Å²) in [4.78, 5) is 26.1. The standard InChI is InChI=1S/C13H14N2O4S/c1-8(16)19-10-7-20-12(14-10)11(15-13(17)18)9-5-3-2-4-6-9/h2-6,10-11,15H,7H2,1H3,(H,17,18). The van der Waals surface area contributed by atoms with Gasteiger partial charge in [-0.05, 0) is 5.56 Å². The number of amides is 1. The molecule has 2 N–H and O–H groups in total. The zero-order valence-corrected chi connectivity index (χ0v) is 11.6. The van der Waals surface area contributed by atoms with Crippen LogP contribution in [0.5, 0.6) is 0 Å². The third-order valence-corrected chi connectivity index (χ3v) is 3.68. The maximum atomic E-state index is 10.9. The van der Waals surface area contributed by atoms with Crippen molar-refractivity contribution in [3.63, 3.8) is 0 Å². The molecule has 106 valence electrons.